The lowest BCUT2D eigenvalue weighted by Gasteiger charge is -2.29. The Hall–Kier alpha value is -2.39. The molecule has 2 aromatic rings. The van der Waals surface area contributed by atoms with E-state index in [1.54, 1.807) is 6.92 Å². The van der Waals surface area contributed by atoms with Gasteiger partial charge in [-0.1, -0.05) is 55.5 Å². The van der Waals surface area contributed by atoms with E-state index in [1.165, 1.54) is 23.1 Å². The van der Waals surface area contributed by atoms with E-state index in [9.17, 15) is 4.79 Å². The van der Waals surface area contributed by atoms with Crippen LogP contribution in [0.2, 0.25) is 0 Å². The second kappa shape index (κ2) is 9.52. The van der Waals surface area contributed by atoms with E-state index in [2.05, 4.69) is 66.1 Å². The number of aryl methyl sites for hydroxylation is 1. The number of anilines is 1. The fourth-order valence-corrected chi connectivity index (χ4v) is 3.80. The fraction of sp³-hybridized carbons (Fsp3) is 0.375. The largest absolute Gasteiger partial charge is 0.326 e. The summed E-state index contributed by atoms with van der Waals surface area (Å²) in [6.07, 6.45) is 9.95. The molecule has 0 bridgehead atoms. The minimum atomic E-state index is -0.0170. The highest BCUT2D eigenvalue weighted by molar-refractivity contribution is 5.88. The van der Waals surface area contributed by atoms with Gasteiger partial charge < -0.3 is 10.6 Å². The summed E-state index contributed by atoms with van der Waals surface area (Å²) in [5.41, 5.74) is 4.93. The predicted molar refractivity (Wildman–Crippen MR) is 114 cm³/mol. The molecule has 1 aliphatic rings. The number of fused-ring (bicyclic) bond motifs is 1. The van der Waals surface area contributed by atoms with E-state index in [0.717, 1.165) is 31.4 Å². The molecular weight excluding hydrogens is 332 g/mol. The maximum atomic E-state index is 11.3. The van der Waals surface area contributed by atoms with Gasteiger partial charge in [0.15, 0.2) is 0 Å². The van der Waals surface area contributed by atoms with Crippen LogP contribution in [0.3, 0.4) is 0 Å². The zero-order chi connectivity index (χ0) is 19.1. The number of carbonyl (C=O) groups excluding carboxylic acids is 1. The smallest absolute Gasteiger partial charge is 0.221 e. The van der Waals surface area contributed by atoms with Crippen molar-refractivity contribution in [3.63, 3.8) is 0 Å². The van der Waals surface area contributed by atoms with Crippen molar-refractivity contribution >= 4 is 17.7 Å². The molecule has 3 rings (SSSR count). The highest BCUT2D eigenvalue weighted by Crippen LogP contribution is 2.25. The lowest BCUT2D eigenvalue weighted by atomic mass is 9.87. The lowest BCUT2D eigenvalue weighted by molar-refractivity contribution is -0.114. The summed E-state index contributed by atoms with van der Waals surface area (Å²) >= 11 is 0. The second-order valence-corrected chi connectivity index (χ2v) is 7.42. The van der Waals surface area contributed by atoms with Crippen molar-refractivity contribution in [2.24, 2.45) is 0 Å². The minimum absolute atomic E-state index is 0.0170. The van der Waals surface area contributed by atoms with Crippen molar-refractivity contribution in [3.8, 4) is 0 Å². The van der Waals surface area contributed by atoms with Gasteiger partial charge in [0.1, 0.15) is 0 Å². The number of amides is 1. The Morgan fingerprint density at radius 2 is 2.00 bits per heavy atom. The van der Waals surface area contributed by atoms with Crippen LogP contribution in [-0.2, 0) is 17.6 Å². The number of rotatable bonds is 7. The van der Waals surface area contributed by atoms with Crippen molar-refractivity contribution in [2.75, 3.05) is 5.32 Å². The average Bonchev–Trinajstić information content (AvgIpc) is 2.67. The Kier molecular flexibility index (Phi) is 6.83. The SMILES string of the molecule is CCC(CC=Cc1ccccc1)NC1CCc2ccc(NC(C)=O)cc2C1. The Labute approximate surface area is 162 Å². The summed E-state index contributed by atoms with van der Waals surface area (Å²) in [5, 5.41) is 6.75. The van der Waals surface area contributed by atoms with Crippen LogP contribution in [0.25, 0.3) is 6.08 Å². The topological polar surface area (TPSA) is 41.1 Å². The number of hydrogen-bond donors (Lipinski definition) is 2. The van der Waals surface area contributed by atoms with Crippen molar-refractivity contribution in [3.05, 3.63) is 71.3 Å². The number of benzene rings is 2. The summed E-state index contributed by atoms with van der Waals surface area (Å²) in [5.74, 6) is -0.0170. The van der Waals surface area contributed by atoms with E-state index in [1.807, 2.05) is 12.1 Å². The molecule has 27 heavy (non-hydrogen) atoms. The van der Waals surface area contributed by atoms with Gasteiger partial charge >= 0.3 is 0 Å². The predicted octanol–water partition coefficient (Wildman–Crippen LogP) is 4.97. The molecule has 3 nitrogen and oxygen atoms in total. The van der Waals surface area contributed by atoms with Crippen LogP contribution in [0.15, 0.2) is 54.6 Å². The van der Waals surface area contributed by atoms with E-state index >= 15 is 0 Å². The minimum Gasteiger partial charge on any atom is -0.326 e. The molecule has 142 valence electrons. The molecule has 2 aromatic carbocycles. The lowest BCUT2D eigenvalue weighted by Crippen LogP contribution is -2.41. The maximum Gasteiger partial charge on any atom is 0.221 e. The van der Waals surface area contributed by atoms with Gasteiger partial charge in [0.05, 0.1) is 0 Å². The third-order valence-electron chi connectivity index (χ3n) is 5.25. The molecule has 0 aromatic heterocycles. The third kappa shape index (κ3) is 5.80. The second-order valence-electron chi connectivity index (χ2n) is 7.42. The molecular formula is C24H30N2O. The fourth-order valence-electron chi connectivity index (χ4n) is 3.80. The van der Waals surface area contributed by atoms with E-state index < -0.39 is 0 Å². The third-order valence-corrected chi connectivity index (χ3v) is 5.25. The van der Waals surface area contributed by atoms with Crippen molar-refractivity contribution in [1.82, 2.24) is 5.32 Å². The van der Waals surface area contributed by atoms with Crippen LogP contribution < -0.4 is 10.6 Å². The molecule has 2 atom stereocenters. The molecule has 0 fully saturated rings. The van der Waals surface area contributed by atoms with Crippen molar-refractivity contribution in [2.45, 2.75) is 58.0 Å². The van der Waals surface area contributed by atoms with Gasteiger partial charge in [-0.05, 0) is 60.9 Å². The van der Waals surface area contributed by atoms with Crippen molar-refractivity contribution < 1.29 is 4.79 Å². The van der Waals surface area contributed by atoms with Crippen molar-refractivity contribution in [1.29, 1.82) is 0 Å². The zero-order valence-electron chi connectivity index (χ0n) is 16.4. The number of carbonyl (C=O) groups is 1. The van der Waals surface area contributed by atoms with Gasteiger partial charge in [-0.15, -0.1) is 0 Å². The molecule has 1 aliphatic carbocycles. The molecule has 0 saturated carbocycles. The van der Waals surface area contributed by atoms with Crippen LogP contribution in [-0.4, -0.2) is 18.0 Å². The van der Waals surface area contributed by atoms with Gasteiger partial charge in [0.25, 0.3) is 0 Å². The molecule has 0 spiro atoms. The van der Waals surface area contributed by atoms with Gasteiger partial charge in [0, 0.05) is 24.7 Å². The summed E-state index contributed by atoms with van der Waals surface area (Å²) in [7, 11) is 0. The molecule has 2 unspecified atom stereocenters. The maximum absolute atomic E-state index is 11.3. The normalized spacial score (nSPS) is 17.5. The first kappa shape index (κ1) is 19.4. The van der Waals surface area contributed by atoms with Gasteiger partial charge in [-0.2, -0.15) is 0 Å². The van der Waals surface area contributed by atoms with Gasteiger partial charge in [-0.3, -0.25) is 4.79 Å². The molecule has 2 N–H and O–H groups in total. The zero-order valence-corrected chi connectivity index (χ0v) is 16.4. The molecule has 0 saturated heterocycles. The summed E-state index contributed by atoms with van der Waals surface area (Å²) < 4.78 is 0. The Bertz CT molecular complexity index is 782. The first-order valence-electron chi connectivity index (χ1n) is 10.0. The average molecular weight is 363 g/mol. The number of nitrogens with one attached hydrogen (secondary N) is 2. The van der Waals surface area contributed by atoms with Crippen LogP contribution in [0.5, 0.6) is 0 Å². The standard InChI is InChI=1S/C24H30N2O/c1-3-22(11-7-10-19-8-5-4-6-9-19)26-24-15-13-20-12-14-23(25-18(2)27)16-21(20)17-24/h4-10,12,14,16,22,24,26H,3,11,13,15,17H2,1-2H3,(H,25,27). The summed E-state index contributed by atoms with van der Waals surface area (Å²) in [4.78, 5) is 11.3. The molecule has 1 amide bonds. The van der Waals surface area contributed by atoms with Crippen LogP contribution >= 0.6 is 0 Å². The Morgan fingerprint density at radius 3 is 2.74 bits per heavy atom. The Balaban J connectivity index is 1.57. The highest BCUT2D eigenvalue weighted by atomic mass is 16.1. The molecule has 0 heterocycles. The van der Waals surface area contributed by atoms with E-state index in [-0.39, 0.29) is 5.91 Å². The number of hydrogen-bond acceptors (Lipinski definition) is 2. The van der Waals surface area contributed by atoms with Crippen LogP contribution in [0, 0.1) is 0 Å². The van der Waals surface area contributed by atoms with Gasteiger partial charge in [-0.25, -0.2) is 0 Å². The van der Waals surface area contributed by atoms with Crippen LogP contribution in [0.4, 0.5) is 5.69 Å². The van der Waals surface area contributed by atoms with E-state index in [0.29, 0.717) is 12.1 Å². The summed E-state index contributed by atoms with van der Waals surface area (Å²) in [6.45, 7) is 3.80. The monoisotopic (exact) mass is 362 g/mol. The highest BCUT2D eigenvalue weighted by Gasteiger charge is 2.20. The first-order valence-corrected chi connectivity index (χ1v) is 10.0. The molecule has 3 heteroatoms. The van der Waals surface area contributed by atoms with Crippen LogP contribution in [0.1, 0.15) is 49.8 Å². The Morgan fingerprint density at radius 1 is 1.19 bits per heavy atom. The summed E-state index contributed by atoms with van der Waals surface area (Å²) in [6, 6.07) is 17.8. The van der Waals surface area contributed by atoms with E-state index in [4.69, 9.17) is 0 Å². The first-order chi connectivity index (χ1) is 13.1. The molecule has 0 aliphatic heterocycles. The quantitative estimate of drug-likeness (QED) is 0.730. The molecule has 0 radical (unpaired) electrons. The van der Waals surface area contributed by atoms with Gasteiger partial charge in [0.2, 0.25) is 5.91 Å².